The van der Waals surface area contributed by atoms with Gasteiger partial charge in [0.2, 0.25) is 0 Å². The van der Waals surface area contributed by atoms with Crippen LogP contribution in [0, 0.1) is 11.6 Å². The van der Waals surface area contributed by atoms with Crippen LogP contribution < -0.4 is 5.32 Å². The molecule has 2 aromatic rings. The Balaban J connectivity index is 1.89. The van der Waals surface area contributed by atoms with Crippen molar-refractivity contribution >= 4 is 12.2 Å². The van der Waals surface area contributed by atoms with Crippen LogP contribution in [-0.4, -0.2) is 43.4 Å². The number of morpholine rings is 1. The molecule has 1 amide bonds. The lowest BCUT2D eigenvalue weighted by Gasteiger charge is -2.35. The van der Waals surface area contributed by atoms with E-state index >= 15 is 0 Å². The quantitative estimate of drug-likeness (QED) is 0.833. The van der Waals surface area contributed by atoms with Crippen LogP contribution in [0.2, 0.25) is 0 Å². The topological polar surface area (TPSA) is 58.6 Å². The Labute approximate surface area is 149 Å². The molecule has 1 aliphatic heterocycles. The molecular weight excluding hydrogens is 342 g/mol. The molecule has 2 aromatic carbocycles. The Morgan fingerprint density at radius 3 is 2.27 bits per heavy atom. The molecule has 1 atom stereocenters. The van der Waals surface area contributed by atoms with Crippen molar-refractivity contribution in [1.29, 1.82) is 0 Å². The number of hydrogen-bond donors (Lipinski definition) is 1. The van der Waals surface area contributed by atoms with E-state index in [1.54, 1.807) is 24.3 Å². The number of carbonyl (C=O) groups is 2. The standard InChI is InChI=1S/C19H18F2N2O3/c20-15-2-1-3-16(21)17(15)19(25)22-18(23-8-10-26-11-9-23)14-6-4-13(12-24)5-7-14/h1-7,12,18H,8-11H2,(H,22,25). The van der Waals surface area contributed by atoms with Crippen molar-refractivity contribution < 1.29 is 23.1 Å². The van der Waals surface area contributed by atoms with E-state index < -0.39 is 29.3 Å². The molecule has 5 nitrogen and oxygen atoms in total. The van der Waals surface area contributed by atoms with Crippen LogP contribution in [0.25, 0.3) is 0 Å². The zero-order valence-electron chi connectivity index (χ0n) is 14.0. The van der Waals surface area contributed by atoms with Crippen molar-refractivity contribution in [2.24, 2.45) is 0 Å². The summed E-state index contributed by atoms with van der Waals surface area (Å²) < 4.78 is 33.2. The summed E-state index contributed by atoms with van der Waals surface area (Å²) in [6, 6.07) is 9.97. The van der Waals surface area contributed by atoms with Gasteiger partial charge in [0.25, 0.3) is 5.91 Å². The summed E-state index contributed by atoms with van der Waals surface area (Å²) in [4.78, 5) is 25.3. The van der Waals surface area contributed by atoms with Gasteiger partial charge in [-0.1, -0.05) is 30.3 Å². The van der Waals surface area contributed by atoms with Crippen molar-refractivity contribution in [3.05, 3.63) is 70.8 Å². The minimum Gasteiger partial charge on any atom is -0.379 e. The van der Waals surface area contributed by atoms with E-state index in [2.05, 4.69) is 5.32 Å². The summed E-state index contributed by atoms with van der Waals surface area (Å²) in [7, 11) is 0. The fourth-order valence-corrected chi connectivity index (χ4v) is 2.89. The van der Waals surface area contributed by atoms with Crippen LogP contribution >= 0.6 is 0 Å². The van der Waals surface area contributed by atoms with Gasteiger partial charge in [0.15, 0.2) is 0 Å². The second kappa shape index (κ2) is 8.16. The van der Waals surface area contributed by atoms with Gasteiger partial charge in [-0.2, -0.15) is 0 Å². The second-order valence-electron chi connectivity index (χ2n) is 5.91. The number of amides is 1. The highest BCUT2D eigenvalue weighted by atomic mass is 19.1. The fourth-order valence-electron chi connectivity index (χ4n) is 2.89. The van der Waals surface area contributed by atoms with Gasteiger partial charge >= 0.3 is 0 Å². The first-order valence-electron chi connectivity index (χ1n) is 8.22. The normalized spacial score (nSPS) is 16.1. The molecule has 1 heterocycles. The first kappa shape index (κ1) is 18.2. The largest absolute Gasteiger partial charge is 0.379 e. The molecule has 0 radical (unpaired) electrons. The van der Waals surface area contributed by atoms with Crippen molar-refractivity contribution in [1.82, 2.24) is 10.2 Å². The molecular formula is C19H18F2N2O3. The van der Waals surface area contributed by atoms with E-state index in [-0.39, 0.29) is 0 Å². The summed E-state index contributed by atoms with van der Waals surface area (Å²) in [5.41, 5.74) is 0.596. The lowest BCUT2D eigenvalue weighted by atomic mass is 10.1. The monoisotopic (exact) mass is 360 g/mol. The van der Waals surface area contributed by atoms with E-state index in [0.29, 0.717) is 37.4 Å². The predicted octanol–water partition coefficient (Wildman–Crippen LogP) is 2.54. The molecule has 0 aromatic heterocycles. The summed E-state index contributed by atoms with van der Waals surface area (Å²) in [5.74, 6) is -2.67. The summed E-state index contributed by atoms with van der Waals surface area (Å²) in [5, 5.41) is 2.70. The van der Waals surface area contributed by atoms with Crippen LogP contribution in [0.5, 0.6) is 0 Å². The smallest absolute Gasteiger partial charge is 0.258 e. The van der Waals surface area contributed by atoms with Gasteiger partial charge in [-0.15, -0.1) is 0 Å². The molecule has 0 aliphatic carbocycles. The number of benzene rings is 2. The number of rotatable bonds is 5. The Bertz CT molecular complexity index is 770. The number of nitrogens with zero attached hydrogens (tertiary/aromatic N) is 1. The van der Waals surface area contributed by atoms with Gasteiger partial charge in [0.05, 0.1) is 13.2 Å². The molecule has 1 saturated heterocycles. The maximum absolute atomic E-state index is 13.9. The molecule has 7 heteroatoms. The molecule has 3 rings (SSSR count). The van der Waals surface area contributed by atoms with Gasteiger partial charge in [-0.05, 0) is 17.7 Å². The third-order valence-corrected chi connectivity index (χ3v) is 4.26. The van der Waals surface area contributed by atoms with E-state index in [0.717, 1.165) is 18.4 Å². The highest BCUT2D eigenvalue weighted by Crippen LogP contribution is 2.21. The van der Waals surface area contributed by atoms with Gasteiger partial charge in [0.1, 0.15) is 29.6 Å². The lowest BCUT2D eigenvalue weighted by molar-refractivity contribution is 0.00837. The molecule has 0 saturated carbocycles. The molecule has 1 unspecified atom stereocenters. The Morgan fingerprint density at radius 2 is 1.69 bits per heavy atom. The Hall–Kier alpha value is -2.64. The number of hydrogen-bond acceptors (Lipinski definition) is 4. The third kappa shape index (κ3) is 3.95. The lowest BCUT2D eigenvalue weighted by Crippen LogP contribution is -2.46. The van der Waals surface area contributed by atoms with Crippen LogP contribution in [0.15, 0.2) is 42.5 Å². The number of carbonyl (C=O) groups excluding carboxylic acids is 2. The Kier molecular flexibility index (Phi) is 5.70. The van der Waals surface area contributed by atoms with Crippen LogP contribution in [0.4, 0.5) is 8.78 Å². The number of halogens is 2. The minimum absolute atomic E-state index is 0.493. The predicted molar refractivity (Wildman–Crippen MR) is 90.8 cm³/mol. The van der Waals surface area contributed by atoms with Crippen molar-refractivity contribution in [2.45, 2.75) is 6.17 Å². The fraction of sp³-hybridized carbons (Fsp3) is 0.263. The molecule has 0 spiro atoms. The van der Waals surface area contributed by atoms with Gasteiger partial charge in [0, 0.05) is 18.7 Å². The van der Waals surface area contributed by atoms with Gasteiger partial charge in [-0.25, -0.2) is 8.78 Å². The molecule has 26 heavy (non-hydrogen) atoms. The molecule has 136 valence electrons. The van der Waals surface area contributed by atoms with E-state index in [4.69, 9.17) is 4.74 Å². The zero-order valence-corrected chi connectivity index (χ0v) is 14.0. The van der Waals surface area contributed by atoms with Gasteiger partial charge < -0.3 is 10.1 Å². The SMILES string of the molecule is O=Cc1ccc(C(NC(=O)c2c(F)cccc2F)N2CCOCC2)cc1. The summed E-state index contributed by atoms with van der Waals surface area (Å²) in [6.07, 6.45) is 0.131. The molecule has 1 fully saturated rings. The van der Waals surface area contributed by atoms with E-state index in [1.165, 1.54) is 6.07 Å². The average Bonchev–Trinajstić information content (AvgIpc) is 2.67. The summed E-state index contributed by atoms with van der Waals surface area (Å²) in [6.45, 7) is 2.10. The second-order valence-corrected chi connectivity index (χ2v) is 5.91. The van der Waals surface area contributed by atoms with Crippen molar-refractivity contribution in [2.75, 3.05) is 26.3 Å². The number of aldehydes is 1. The average molecular weight is 360 g/mol. The van der Waals surface area contributed by atoms with Crippen molar-refractivity contribution in [3.8, 4) is 0 Å². The molecule has 1 aliphatic rings. The van der Waals surface area contributed by atoms with Crippen LogP contribution in [-0.2, 0) is 4.74 Å². The number of nitrogens with one attached hydrogen (secondary N) is 1. The van der Waals surface area contributed by atoms with Crippen LogP contribution in [0.1, 0.15) is 32.4 Å². The molecule has 0 bridgehead atoms. The maximum atomic E-state index is 13.9. The Morgan fingerprint density at radius 1 is 1.08 bits per heavy atom. The minimum atomic E-state index is -0.917. The van der Waals surface area contributed by atoms with E-state index in [9.17, 15) is 18.4 Å². The molecule has 1 N–H and O–H groups in total. The number of ether oxygens (including phenoxy) is 1. The van der Waals surface area contributed by atoms with Gasteiger partial charge in [-0.3, -0.25) is 14.5 Å². The third-order valence-electron chi connectivity index (χ3n) is 4.26. The van der Waals surface area contributed by atoms with E-state index in [1.807, 2.05) is 4.90 Å². The highest BCUT2D eigenvalue weighted by Gasteiger charge is 2.27. The highest BCUT2D eigenvalue weighted by molar-refractivity contribution is 5.95. The first-order valence-corrected chi connectivity index (χ1v) is 8.22. The van der Waals surface area contributed by atoms with Crippen LogP contribution in [0.3, 0.4) is 0 Å². The zero-order chi connectivity index (χ0) is 18.5. The first-order chi connectivity index (χ1) is 12.6. The maximum Gasteiger partial charge on any atom is 0.258 e. The summed E-state index contributed by atoms with van der Waals surface area (Å²) >= 11 is 0. The van der Waals surface area contributed by atoms with Crippen molar-refractivity contribution in [3.63, 3.8) is 0 Å².